The minimum atomic E-state index is -4.71. The fraction of sp³-hybridized carbons (Fsp3) is 0.154. The van der Waals surface area contributed by atoms with Crippen molar-refractivity contribution >= 4 is 38.9 Å². The molecule has 0 spiro atoms. The Bertz CT molecular complexity index is 962. The van der Waals surface area contributed by atoms with E-state index in [2.05, 4.69) is 10.2 Å². The first-order valence-electron chi connectivity index (χ1n) is 6.48. The third-order valence-corrected chi connectivity index (χ3v) is 5.87. The summed E-state index contributed by atoms with van der Waals surface area (Å²) in [4.78, 5) is 11.6. The van der Waals surface area contributed by atoms with E-state index in [0.29, 0.717) is 0 Å². The van der Waals surface area contributed by atoms with Crippen LogP contribution in [0.3, 0.4) is 0 Å². The molecule has 0 bridgehead atoms. The van der Waals surface area contributed by atoms with Crippen molar-refractivity contribution < 1.29 is 26.4 Å². The standard InChI is InChI=1S/C13H7ClF3N3O3S2/c14-10-9(5-6-24-10)11(21)18-25(22,23)8-3-1-7(2-4-8)12(19-20-12)13(15,16)17/h1-6H,(H,18,21). The second kappa shape index (κ2) is 5.78. The van der Waals surface area contributed by atoms with Gasteiger partial charge in [0.1, 0.15) is 4.34 Å². The van der Waals surface area contributed by atoms with E-state index in [1.54, 1.807) is 4.72 Å². The summed E-state index contributed by atoms with van der Waals surface area (Å²) in [5.41, 5.74) is -2.97. The van der Waals surface area contributed by atoms with Gasteiger partial charge < -0.3 is 0 Å². The number of benzene rings is 1. The van der Waals surface area contributed by atoms with Gasteiger partial charge in [-0.05, 0) is 23.6 Å². The average molecular weight is 410 g/mol. The predicted octanol–water partition coefficient (Wildman–Crippen LogP) is 3.70. The normalized spacial score (nSPS) is 15.8. The van der Waals surface area contributed by atoms with E-state index in [0.717, 1.165) is 35.6 Å². The van der Waals surface area contributed by atoms with Crippen LogP contribution in [0, 0.1) is 0 Å². The Balaban J connectivity index is 1.82. The number of alkyl halides is 3. The molecule has 0 saturated heterocycles. The molecule has 1 aliphatic rings. The summed E-state index contributed by atoms with van der Waals surface area (Å²) < 4.78 is 65.0. The van der Waals surface area contributed by atoms with E-state index in [4.69, 9.17) is 11.6 Å². The fourth-order valence-corrected chi connectivity index (χ4v) is 3.88. The van der Waals surface area contributed by atoms with Crippen LogP contribution in [0.15, 0.2) is 50.8 Å². The monoisotopic (exact) mass is 409 g/mol. The lowest BCUT2D eigenvalue weighted by Gasteiger charge is -2.15. The molecular formula is C13H7ClF3N3O3S2. The first kappa shape index (κ1) is 17.8. The molecule has 1 aromatic carbocycles. The van der Waals surface area contributed by atoms with Gasteiger partial charge in [-0.25, -0.2) is 13.1 Å². The van der Waals surface area contributed by atoms with Crippen LogP contribution in [0.4, 0.5) is 13.2 Å². The van der Waals surface area contributed by atoms with Gasteiger partial charge in [-0.15, -0.1) is 21.6 Å². The third-order valence-electron chi connectivity index (χ3n) is 3.35. The van der Waals surface area contributed by atoms with Gasteiger partial charge in [-0.3, -0.25) is 4.79 Å². The average Bonchev–Trinajstić information content (AvgIpc) is 3.23. The Morgan fingerprint density at radius 2 is 1.76 bits per heavy atom. The zero-order valence-corrected chi connectivity index (χ0v) is 14.3. The largest absolute Gasteiger partial charge is 0.442 e. The molecule has 25 heavy (non-hydrogen) atoms. The van der Waals surface area contributed by atoms with Crippen molar-refractivity contribution in [2.75, 3.05) is 0 Å². The van der Waals surface area contributed by atoms with Crippen LogP contribution in [0.5, 0.6) is 0 Å². The highest BCUT2D eigenvalue weighted by Gasteiger charge is 2.65. The lowest BCUT2D eigenvalue weighted by molar-refractivity contribution is -0.166. The first-order valence-corrected chi connectivity index (χ1v) is 9.22. The molecule has 6 nitrogen and oxygen atoms in total. The number of nitrogens with one attached hydrogen (secondary N) is 1. The lowest BCUT2D eigenvalue weighted by Crippen LogP contribution is -2.31. The number of hydrogen-bond donors (Lipinski definition) is 1. The number of carbonyl (C=O) groups excluding carboxylic acids is 1. The van der Waals surface area contributed by atoms with Gasteiger partial charge in [0.2, 0.25) is 0 Å². The Labute approximate surface area is 148 Å². The van der Waals surface area contributed by atoms with Gasteiger partial charge in [0, 0.05) is 5.56 Å². The Hall–Kier alpha value is -1.98. The first-order chi connectivity index (χ1) is 11.6. The molecule has 1 N–H and O–H groups in total. The van der Waals surface area contributed by atoms with E-state index in [1.807, 2.05) is 0 Å². The number of amides is 1. The van der Waals surface area contributed by atoms with Gasteiger partial charge in [-0.2, -0.15) is 13.2 Å². The molecule has 3 rings (SSSR count). The van der Waals surface area contributed by atoms with Crippen LogP contribution in [0.25, 0.3) is 0 Å². The molecular weight excluding hydrogens is 403 g/mol. The van der Waals surface area contributed by atoms with Crippen molar-refractivity contribution in [1.82, 2.24) is 4.72 Å². The quantitative estimate of drug-likeness (QED) is 0.835. The van der Waals surface area contributed by atoms with Crippen molar-refractivity contribution in [3.05, 3.63) is 51.2 Å². The highest BCUT2D eigenvalue weighted by molar-refractivity contribution is 7.90. The fourth-order valence-electron chi connectivity index (χ4n) is 2.00. The molecule has 0 unspecified atom stereocenters. The number of thiophene rings is 1. The molecule has 12 heteroatoms. The molecule has 2 aromatic rings. The SMILES string of the molecule is O=C(NS(=O)(=O)c1ccc(C2(C(F)(F)F)N=N2)cc1)c1ccsc1Cl. The number of halogens is 4. The summed E-state index contributed by atoms with van der Waals surface area (Å²) >= 11 is 6.82. The minimum absolute atomic E-state index is 0.0153. The summed E-state index contributed by atoms with van der Waals surface area (Å²) in [6, 6.07) is 5.13. The maximum atomic E-state index is 12.9. The second-order valence-electron chi connectivity index (χ2n) is 4.94. The van der Waals surface area contributed by atoms with Crippen LogP contribution >= 0.6 is 22.9 Å². The maximum Gasteiger partial charge on any atom is 0.442 e. The smallest absolute Gasteiger partial charge is 0.268 e. The van der Waals surface area contributed by atoms with Gasteiger partial charge in [0.25, 0.3) is 15.9 Å². The minimum Gasteiger partial charge on any atom is -0.268 e. The third kappa shape index (κ3) is 3.14. The maximum absolute atomic E-state index is 12.9. The van der Waals surface area contributed by atoms with Crippen molar-refractivity contribution in [3.8, 4) is 0 Å². The van der Waals surface area contributed by atoms with Gasteiger partial charge in [-0.1, -0.05) is 23.7 Å². The van der Waals surface area contributed by atoms with Crippen molar-refractivity contribution in [3.63, 3.8) is 0 Å². The van der Waals surface area contributed by atoms with E-state index >= 15 is 0 Å². The highest BCUT2D eigenvalue weighted by atomic mass is 35.5. The zero-order valence-electron chi connectivity index (χ0n) is 11.9. The van der Waals surface area contributed by atoms with Crippen LogP contribution in [0.1, 0.15) is 15.9 Å². The lowest BCUT2D eigenvalue weighted by atomic mass is 10.0. The molecule has 0 radical (unpaired) electrons. The van der Waals surface area contributed by atoms with Gasteiger partial charge in [0.15, 0.2) is 0 Å². The van der Waals surface area contributed by atoms with Gasteiger partial charge >= 0.3 is 11.8 Å². The molecule has 0 saturated carbocycles. The van der Waals surface area contributed by atoms with Gasteiger partial charge in [0.05, 0.1) is 10.5 Å². The molecule has 132 valence electrons. The molecule has 1 amide bonds. The summed E-state index contributed by atoms with van der Waals surface area (Å²) in [5, 5.41) is 7.56. The Morgan fingerprint density at radius 3 is 2.20 bits per heavy atom. The number of rotatable bonds is 4. The van der Waals surface area contributed by atoms with E-state index < -0.39 is 27.8 Å². The Kier molecular flexibility index (Phi) is 4.12. The number of sulfonamides is 1. The number of carbonyl (C=O) groups is 1. The number of nitrogens with zero attached hydrogens (tertiary/aromatic N) is 2. The van der Waals surface area contributed by atoms with Crippen molar-refractivity contribution in [1.29, 1.82) is 0 Å². The predicted molar refractivity (Wildman–Crippen MR) is 83.0 cm³/mol. The van der Waals surface area contributed by atoms with E-state index in [9.17, 15) is 26.4 Å². The zero-order chi connectivity index (χ0) is 18.5. The molecule has 0 atom stereocenters. The van der Waals surface area contributed by atoms with Crippen LogP contribution in [-0.2, 0) is 15.7 Å². The van der Waals surface area contributed by atoms with Crippen LogP contribution in [-0.4, -0.2) is 20.5 Å². The van der Waals surface area contributed by atoms with E-state index in [-0.39, 0.29) is 20.4 Å². The molecule has 2 heterocycles. The van der Waals surface area contributed by atoms with Crippen molar-refractivity contribution in [2.24, 2.45) is 10.2 Å². The van der Waals surface area contributed by atoms with Crippen molar-refractivity contribution in [2.45, 2.75) is 16.7 Å². The molecule has 1 aromatic heterocycles. The number of hydrogen-bond acceptors (Lipinski definition) is 6. The topological polar surface area (TPSA) is 88.0 Å². The summed E-state index contributed by atoms with van der Waals surface area (Å²) in [5.74, 6) is -0.936. The summed E-state index contributed by atoms with van der Waals surface area (Å²) in [6.45, 7) is 0. The summed E-state index contributed by atoms with van der Waals surface area (Å²) in [6.07, 6.45) is -4.71. The van der Waals surface area contributed by atoms with Crippen LogP contribution < -0.4 is 4.72 Å². The summed E-state index contributed by atoms with van der Waals surface area (Å²) in [7, 11) is -4.28. The van der Waals surface area contributed by atoms with E-state index in [1.165, 1.54) is 11.4 Å². The Morgan fingerprint density at radius 1 is 1.16 bits per heavy atom. The highest BCUT2D eigenvalue weighted by Crippen LogP contribution is 2.52. The molecule has 1 aliphatic heterocycles. The molecule has 0 aliphatic carbocycles. The van der Waals surface area contributed by atoms with Crippen LogP contribution in [0.2, 0.25) is 4.34 Å². The second-order valence-corrected chi connectivity index (χ2v) is 8.14. The molecule has 0 fully saturated rings.